The fraction of sp³-hybridized carbons (Fsp3) is 0.282. The molecule has 0 radical (unpaired) electrons. The Labute approximate surface area is 848 Å². The Morgan fingerprint density at radius 3 is 1.06 bits per heavy atom. The Morgan fingerprint density at radius 1 is 0.320 bits per heavy atom. The molecule has 147 heavy (non-hydrogen) atoms. The van der Waals surface area contributed by atoms with Crippen molar-refractivity contribution in [3.8, 4) is 69.3 Å². The molecule has 15 heterocycles. The predicted octanol–water partition coefficient (Wildman–Crippen LogP) is 27.0. The van der Waals surface area contributed by atoms with Crippen LogP contribution in [0.25, 0.3) is 120 Å². The van der Waals surface area contributed by atoms with E-state index >= 15 is 0 Å². The van der Waals surface area contributed by atoms with Crippen molar-refractivity contribution in [3.63, 3.8) is 0 Å². The van der Waals surface area contributed by atoms with Gasteiger partial charge in [0, 0.05) is 80.8 Å². The molecule has 10 aromatic carbocycles. The number of rotatable bonds is 18. The molecule has 25 rings (SSSR count). The Morgan fingerprint density at radius 2 is 0.639 bits per heavy atom. The van der Waals surface area contributed by atoms with Gasteiger partial charge in [0.05, 0.1) is 125 Å². The number of hydrogen-bond donors (Lipinski definition) is 10. The minimum atomic E-state index is 0.0599. The summed E-state index contributed by atoms with van der Waals surface area (Å²) in [6, 6.07) is 57.3. The lowest BCUT2D eigenvalue weighted by Gasteiger charge is -2.24. The molecule has 10 aliphatic heterocycles. The maximum Gasteiger partial charge on any atom is 0.172 e. The SMILES string of the molecule is COc1ccc2c(O)c(C=C3N=Nc4ccccc43)oc2c1/C=C\C1CCNCC1.COc1ccc2c(O)c(C=C3N=Nc4ccccc43)oc2c1C#CC1CCNCC1.COc1ccc2c(O)c(C=C3N=Nc4ccccc43)oc2c1C1CCNCC1.COc1ccc2c(O)c(C=C3N=Nc4ccccc43)oc2c1CC1CCNCC1.COc1ccc2c(O)c(C=C3N=Nc4ccccc43)oc2c1CCC1CCNCC1. The summed E-state index contributed by atoms with van der Waals surface area (Å²) in [7, 11) is 8.28. The van der Waals surface area contributed by atoms with Gasteiger partial charge in [0.1, 0.15) is 56.6 Å². The van der Waals surface area contributed by atoms with Crippen molar-refractivity contribution >= 4 is 148 Å². The number of piperidine rings is 5. The summed E-state index contributed by atoms with van der Waals surface area (Å²) in [5, 5.41) is 117. The summed E-state index contributed by atoms with van der Waals surface area (Å²) in [6.07, 6.45) is 26.7. The predicted molar refractivity (Wildman–Crippen MR) is 571 cm³/mol. The van der Waals surface area contributed by atoms with Crippen LogP contribution in [0.5, 0.6) is 57.5 Å². The number of allylic oxidation sites excluding steroid dienone is 1. The molecular weight excluding hydrogens is 1860 g/mol. The molecule has 15 aromatic rings. The Balaban J connectivity index is 0.000000108. The van der Waals surface area contributed by atoms with E-state index < -0.39 is 0 Å². The van der Waals surface area contributed by atoms with Gasteiger partial charge in [0.15, 0.2) is 63.1 Å². The van der Waals surface area contributed by atoms with E-state index in [-0.39, 0.29) is 28.7 Å². The highest BCUT2D eigenvalue weighted by molar-refractivity contribution is 6.02. The number of aromatic hydroxyl groups is 5. The van der Waals surface area contributed by atoms with Gasteiger partial charge in [-0.05, 0) is 264 Å². The lowest BCUT2D eigenvalue weighted by atomic mass is 9.88. The molecule has 5 fully saturated rings. The fourth-order valence-corrected chi connectivity index (χ4v) is 20.6. The number of fused-ring (bicyclic) bond motifs is 10. The van der Waals surface area contributed by atoms with E-state index in [4.69, 9.17) is 45.8 Å². The number of hydrogen-bond acceptors (Lipinski definition) is 30. The highest BCUT2D eigenvalue weighted by Gasteiger charge is 2.32. The van der Waals surface area contributed by atoms with Gasteiger partial charge in [-0.15, -0.1) is 51.1 Å². The maximum absolute atomic E-state index is 10.8. The van der Waals surface area contributed by atoms with Crippen molar-refractivity contribution in [3.05, 3.63) is 273 Å². The van der Waals surface area contributed by atoms with Crippen LogP contribution in [0, 0.1) is 35.5 Å². The molecule has 0 saturated carbocycles. The Hall–Kier alpha value is -16.3. The van der Waals surface area contributed by atoms with Gasteiger partial charge in [-0.1, -0.05) is 115 Å². The van der Waals surface area contributed by atoms with Gasteiger partial charge in [-0.2, -0.15) is 0 Å². The molecule has 0 atom stereocenters. The van der Waals surface area contributed by atoms with Crippen molar-refractivity contribution in [2.45, 2.75) is 89.4 Å². The summed E-state index contributed by atoms with van der Waals surface area (Å²) in [4.78, 5) is 0. The van der Waals surface area contributed by atoms with Crippen LogP contribution in [0.2, 0.25) is 0 Å². The van der Waals surface area contributed by atoms with Crippen LogP contribution in [-0.4, -0.2) is 127 Å². The molecule has 30 heteroatoms. The first-order valence-electron chi connectivity index (χ1n) is 50.2. The molecule has 0 aliphatic carbocycles. The molecule has 30 nitrogen and oxygen atoms in total. The number of nitrogens with one attached hydrogen (secondary N) is 5. The van der Waals surface area contributed by atoms with Gasteiger partial charge in [-0.3, -0.25) is 0 Å². The van der Waals surface area contributed by atoms with Gasteiger partial charge < -0.3 is 97.9 Å². The van der Waals surface area contributed by atoms with Crippen LogP contribution in [0.1, 0.15) is 161 Å². The van der Waals surface area contributed by atoms with Gasteiger partial charge in [0.25, 0.3) is 0 Å². The normalized spacial score (nSPS) is 17.8. The van der Waals surface area contributed by atoms with Crippen molar-refractivity contribution < 1.29 is 71.3 Å². The summed E-state index contributed by atoms with van der Waals surface area (Å²) in [5.74, 6) is 15.2. The third kappa shape index (κ3) is 20.4. The van der Waals surface area contributed by atoms with Crippen LogP contribution in [-0.2, 0) is 12.8 Å². The molecule has 5 aromatic heterocycles. The fourth-order valence-electron chi connectivity index (χ4n) is 20.6. The topological polar surface area (TPSA) is 397 Å². The number of benzene rings is 10. The van der Waals surface area contributed by atoms with Crippen molar-refractivity contribution in [2.75, 3.05) is 101 Å². The van der Waals surface area contributed by atoms with E-state index in [1.807, 2.05) is 176 Å². The number of methoxy groups -OCH3 is 5. The van der Waals surface area contributed by atoms with E-state index in [0.29, 0.717) is 159 Å². The molecule has 0 spiro atoms. The minimum absolute atomic E-state index is 0.0599. The number of ether oxygens (including phenoxy) is 5. The summed E-state index contributed by atoms with van der Waals surface area (Å²) < 4.78 is 58.6. The van der Waals surface area contributed by atoms with Crippen molar-refractivity contribution in [2.24, 2.45) is 74.8 Å². The van der Waals surface area contributed by atoms with Crippen molar-refractivity contribution in [1.82, 2.24) is 26.6 Å². The van der Waals surface area contributed by atoms with Crippen LogP contribution in [0.4, 0.5) is 28.4 Å². The zero-order chi connectivity index (χ0) is 100. The molecule has 5 saturated heterocycles. The van der Waals surface area contributed by atoms with Crippen molar-refractivity contribution in [1.29, 1.82) is 0 Å². The van der Waals surface area contributed by atoms with Crippen LogP contribution < -0.4 is 50.3 Å². The van der Waals surface area contributed by atoms with Crippen LogP contribution in [0.3, 0.4) is 0 Å². The second-order valence-electron chi connectivity index (χ2n) is 37.6. The molecule has 0 amide bonds. The lowest BCUT2D eigenvalue weighted by Crippen LogP contribution is -2.28. The van der Waals surface area contributed by atoms with Gasteiger partial charge in [0.2, 0.25) is 0 Å². The highest BCUT2D eigenvalue weighted by Crippen LogP contribution is 2.52. The quantitative estimate of drug-likeness (QED) is 0.0357. The second kappa shape index (κ2) is 44.1. The monoisotopic (exact) mass is 1970 g/mol. The zero-order valence-corrected chi connectivity index (χ0v) is 82.3. The smallest absolute Gasteiger partial charge is 0.172 e. The van der Waals surface area contributed by atoms with E-state index in [2.05, 4.69) is 102 Å². The molecule has 10 N–H and O–H groups in total. The molecule has 746 valence electrons. The Bertz CT molecular complexity index is 7930. The standard InChI is InChI=1S/C24H25N3O3.C24H23N3O3.C24H21N3O3.C23H23N3O3.C22H21N3O3/c3*1-29-21-9-8-18-23(28)22(14-20-16-4-2-3-5-19(16)26-27-20)30-24(18)17(21)7-6-15-10-12-25-13-11-15;1-28-20-7-6-16-22(27)21(13-19-15-4-2-3-5-18(15)25-26-19)29-23(16)17(20)12-14-8-10-24-11-9-14;1-27-18-7-6-15-21(26)19(12-17-14-4-2-3-5-16(14)24-25-17)28-22(15)20(18)13-8-10-23-11-9-13/h2-5,8-9,14-15,25,28H,6-7,10-13H2,1H3;2-9,14-15,25,28H,10-13H2,1H3;2-5,8-9,14-15,25,28H,10-13H2,1H3;2-7,13-14,24,27H,8-12H2,1H3;2-7,12-13,23,26H,8-11H2,1H3/b;7-6-,20-14?;;;. The summed E-state index contributed by atoms with van der Waals surface area (Å²) >= 11 is 0. The Kier molecular flexibility index (Phi) is 29.0. The number of furan rings is 5. The average Bonchev–Trinajstić information content (AvgIpc) is 1.57. The van der Waals surface area contributed by atoms with E-state index in [0.717, 1.165) is 232 Å². The number of nitrogens with zero attached hydrogens (tertiary/aromatic N) is 10. The first-order valence-corrected chi connectivity index (χ1v) is 50.2. The third-order valence-electron chi connectivity index (χ3n) is 28.7. The van der Waals surface area contributed by atoms with E-state index in [1.165, 1.54) is 12.8 Å². The van der Waals surface area contributed by atoms with Gasteiger partial charge >= 0.3 is 0 Å². The lowest BCUT2D eigenvalue weighted by molar-refractivity contribution is 0.350. The zero-order valence-electron chi connectivity index (χ0n) is 82.3. The van der Waals surface area contributed by atoms with Crippen LogP contribution in [0.15, 0.2) is 261 Å². The van der Waals surface area contributed by atoms with Crippen LogP contribution >= 0.6 is 0 Å². The molecule has 0 bridgehead atoms. The molecular formula is C117H113N15O15. The highest BCUT2D eigenvalue weighted by atomic mass is 16.5. The maximum atomic E-state index is 10.8. The first kappa shape index (κ1) is 96.8. The first-order chi connectivity index (χ1) is 72.2. The molecule has 0 unspecified atom stereocenters. The minimum Gasteiger partial charge on any atom is -0.504 e. The van der Waals surface area contributed by atoms with E-state index in [1.54, 1.807) is 72.0 Å². The summed E-state index contributed by atoms with van der Waals surface area (Å²) in [6.45, 7) is 10.2. The molecule has 10 aliphatic rings. The number of azo groups is 5. The number of aryl methyl sites for hydroxylation is 1. The third-order valence-corrected chi connectivity index (χ3v) is 28.7. The average molecular weight is 1970 g/mol. The second-order valence-corrected chi connectivity index (χ2v) is 37.6. The van der Waals surface area contributed by atoms with E-state index in [9.17, 15) is 25.5 Å². The largest absolute Gasteiger partial charge is 0.504 e. The summed E-state index contributed by atoms with van der Waals surface area (Å²) in [5.41, 5.74) is 19.8. The van der Waals surface area contributed by atoms with Gasteiger partial charge in [-0.25, -0.2) is 0 Å².